The molecule has 2 N–H and O–H groups in total. The maximum Gasteiger partial charge on any atom is 0.219 e. The third kappa shape index (κ3) is 3.81. The van der Waals surface area contributed by atoms with Crippen LogP contribution in [-0.2, 0) is 17.8 Å². The van der Waals surface area contributed by atoms with Crippen LogP contribution in [0.1, 0.15) is 18.2 Å². The van der Waals surface area contributed by atoms with Crippen LogP contribution >= 0.6 is 0 Å². The Morgan fingerprint density at radius 3 is 2.88 bits per heavy atom. The molecule has 0 aromatic carbocycles. The molecule has 0 saturated heterocycles. The quantitative estimate of drug-likeness (QED) is 0.790. The van der Waals surface area contributed by atoms with Gasteiger partial charge in [0, 0.05) is 50.6 Å². The van der Waals surface area contributed by atoms with Crippen molar-refractivity contribution in [2.45, 2.75) is 26.0 Å². The predicted octanol–water partition coefficient (Wildman–Crippen LogP) is 0.233. The van der Waals surface area contributed by atoms with Crippen molar-refractivity contribution in [2.75, 3.05) is 31.6 Å². The third-order valence-corrected chi connectivity index (χ3v) is 4.47. The fourth-order valence-corrected chi connectivity index (χ4v) is 3.08. The molecule has 8 nitrogen and oxygen atoms in total. The van der Waals surface area contributed by atoms with Gasteiger partial charge in [0.25, 0.3) is 0 Å². The van der Waals surface area contributed by atoms with Crippen LogP contribution < -0.4 is 4.90 Å². The number of carbonyl (C=O) groups excluding carboxylic acids is 1. The van der Waals surface area contributed by atoms with Gasteiger partial charge in [0.15, 0.2) is 5.82 Å². The van der Waals surface area contributed by atoms with Gasteiger partial charge in [-0.25, -0.2) is 9.97 Å². The SMILES string of the molecule is CC(=O)N1CCc2c(nc(-c3cccnc3)nc2N(C)C[C@H](O)CO)C1. The number of aliphatic hydroxyl groups is 2. The summed E-state index contributed by atoms with van der Waals surface area (Å²) in [6, 6.07) is 3.70. The Kier molecular flexibility index (Phi) is 5.43. The zero-order chi connectivity index (χ0) is 18.7. The average molecular weight is 357 g/mol. The van der Waals surface area contributed by atoms with Crippen LogP contribution in [-0.4, -0.2) is 68.8 Å². The Labute approximate surface area is 152 Å². The lowest BCUT2D eigenvalue weighted by Crippen LogP contribution is -2.37. The Morgan fingerprint density at radius 1 is 1.42 bits per heavy atom. The molecule has 1 aliphatic rings. The average Bonchev–Trinajstić information content (AvgIpc) is 2.67. The largest absolute Gasteiger partial charge is 0.394 e. The first-order valence-electron chi connectivity index (χ1n) is 8.55. The van der Waals surface area contributed by atoms with Gasteiger partial charge in [-0.2, -0.15) is 0 Å². The van der Waals surface area contributed by atoms with Crippen LogP contribution in [0.5, 0.6) is 0 Å². The number of hydrogen-bond donors (Lipinski definition) is 2. The van der Waals surface area contributed by atoms with E-state index in [1.54, 1.807) is 24.2 Å². The lowest BCUT2D eigenvalue weighted by atomic mass is 10.0. The smallest absolute Gasteiger partial charge is 0.219 e. The van der Waals surface area contributed by atoms with Gasteiger partial charge in [0.1, 0.15) is 5.82 Å². The van der Waals surface area contributed by atoms with Crippen LogP contribution in [0.4, 0.5) is 5.82 Å². The van der Waals surface area contributed by atoms with Crippen molar-refractivity contribution in [2.24, 2.45) is 0 Å². The lowest BCUT2D eigenvalue weighted by molar-refractivity contribution is -0.129. The topological polar surface area (TPSA) is 103 Å². The summed E-state index contributed by atoms with van der Waals surface area (Å²) in [6.45, 7) is 2.54. The molecule has 0 spiro atoms. The zero-order valence-corrected chi connectivity index (χ0v) is 15.0. The van der Waals surface area contributed by atoms with E-state index in [-0.39, 0.29) is 19.1 Å². The molecule has 0 unspecified atom stereocenters. The molecule has 3 heterocycles. The van der Waals surface area contributed by atoms with E-state index in [0.717, 1.165) is 16.8 Å². The van der Waals surface area contributed by atoms with Crippen LogP contribution in [0.2, 0.25) is 0 Å². The van der Waals surface area contributed by atoms with E-state index in [0.29, 0.717) is 31.2 Å². The van der Waals surface area contributed by atoms with Crippen molar-refractivity contribution >= 4 is 11.7 Å². The molecule has 8 heteroatoms. The summed E-state index contributed by atoms with van der Waals surface area (Å²) in [7, 11) is 1.83. The van der Waals surface area contributed by atoms with E-state index in [1.807, 2.05) is 24.1 Å². The number of amides is 1. The van der Waals surface area contributed by atoms with Crippen molar-refractivity contribution in [1.82, 2.24) is 19.9 Å². The summed E-state index contributed by atoms with van der Waals surface area (Å²) in [4.78, 5) is 28.8. The van der Waals surface area contributed by atoms with E-state index < -0.39 is 6.10 Å². The monoisotopic (exact) mass is 357 g/mol. The number of nitrogens with zero attached hydrogens (tertiary/aromatic N) is 5. The van der Waals surface area contributed by atoms with Gasteiger partial charge in [0.2, 0.25) is 5.91 Å². The van der Waals surface area contributed by atoms with Gasteiger partial charge < -0.3 is 20.0 Å². The van der Waals surface area contributed by atoms with E-state index in [4.69, 9.17) is 10.1 Å². The second-order valence-electron chi connectivity index (χ2n) is 6.45. The normalized spacial score (nSPS) is 14.7. The molecule has 0 aliphatic carbocycles. The number of anilines is 1. The molecule has 0 bridgehead atoms. The van der Waals surface area contributed by atoms with Crippen molar-refractivity contribution in [1.29, 1.82) is 0 Å². The highest BCUT2D eigenvalue weighted by Gasteiger charge is 2.26. The fraction of sp³-hybridized carbons (Fsp3) is 0.444. The van der Waals surface area contributed by atoms with Gasteiger partial charge in [-0.05, 0) is 18.6 Å². The predicted molar refractivity (Wildman–Crippen MR) is 96.4 cm³/mol. The van der Waals surface area contributed by atoms with Crippen molar-refractivity contribution in [3.05, 3.63) is 35.8 Å². The maximum absolute atomic E-state index is 11.8. The molecule has 2 aromatic heterocycles. The second-order valence-corrected chi connectivity index (χ2v) is 6.45. The number of carbonyl (C=O) groups is 1. The van der Waals surface area contributed by atoms with E-state index in [2.05, 4.69) is 9.97 Å². The molecule has 1 aliphatic heterocycles. The molecular formula is C18H23N5O3. The standard InChI is InChI=1S/C18H23N5O3/c1-12(25)23-7-5-15-16(10-23)20-17(13-4-3-6-19-8-13)21-18(15)22(2)9-14(26)11-24/h3-4,6,8,14,24,26H,5,7,9-11H2,1-2H3/t14-/m0/s1. The Hall–Kier alpha value is -2.58. The molecular weight excluding hydrogens is 334 g/mol. The Bertz CT molecular complexity index is 784. The summed E-state index contributed by atoms with van der Waals surface area (Å²) in [5, 5.41) is 18.9. The summed E-state index contributed by atoms with van der Waals surface area (Å²) >= 11 is 0. The summed E-state index contributed by atoms with van der Waals surface area (Å²) in [5.74, 6) is 1.26. The van der Waals surface area contributed by atoms with Crippen LogP contribution in [0, 0.1) is 0 Å². The van der Waals surface area contributed by atoms with Crippen molar-refractivity contribution < 1.29 is 15.0 Å². The van der Waals surface area contributed by atoms with Gasteiger partial charge >= 0.3 is 0 Å². The number of pyridine rings is 1. The van der Waals surface area contributed by atoms with Crippen LogP contribution in [0.25, 0.3) is 11.4 Å². The van der Waals surface area contributed by atoms with Crippen LogP contribution in [0.15, 0.2) is 24.5 Å². The van der Waals surface area contributed by atoms with Gasteiger partial charge in [0.05, 0.1) is 24.9 Å². The van der Waals surface area contributed by atoms with Crippen LogP contribution in [0.3, 0.4) is 0 Å². The molecule has 0 fully saturated rings. The highest BCUT2D eigenvalue weighted by Crippen LogP contribution is 2.29. The number of aliphatic hydroxyl groups excluding tert-OH is 2. The summed E-state index contributed by atoms with van der Waals surface area (Å²) in [5.41, 5.74) is 2.57. The number of aromatic nitrogens is 3. The minimum atomic E-state index is -0.857. The highest BCUT2D eigenvalue weighted by atomic mass is 16.3. The van der Waals surface area contributed by atoms with E-state index in [9.17, 15) is 9.90 Å². The second kappa shape index (κ2) is 7.76. The first-order valence-corrected chi connectivity index (χ1v) is 8.55. The first kappa shape index (κ1) is 18.2. The Morgan fingerprint density at radius 2 is 2.23 bits per heavy atom. The molecule has 2 aromatic rings. The fourth-order valence-electron chi connectivity index (χ4n) is 3.08. The molecule has 26 heavy (non-hydrogen) atoms. The molecule has 1 amide bonds. The van der Waals surface area contributed by atoms with Gasteiger partial charge in [-0.15, -0.1) is 0 Å². The highest BCUT2D eigenvalue weighted by molar-refractivity contribution is 5.74. The summed E-state index contributed by atoms with van der Waals surface area (Å²) < 4.78 is 0. The number of likely N-dealkylation sites (N-methyl/N-ethyl adjacent to an activating group) is 1. The number of rotatable bonds is 5. The maximum atomic E-state index is 11.8. The van der Waals surface area contributed by atoms with E-state index in [1.165, 1.54) is 0 Å². The lowest BCUT2D eigenvalue weighted by Gasteiger charge is -2.31. The molecule has 138 valence electrons. The van der Waals surface area contributed by atoms with Gasteiger partial charge in [-0.1, -0.05) is 0 Å². The number of hydrogen-bond acceptors (Lipinski definition) is 7. The molecule has 3 rings (SSSR count). The molecule has 0 saturated carbocycles. The van der Waals surface area contributed by atoms with E-state index >= 15 is 0 Å². The first-order chi connectivity index (χ1) is 12.5. The van der Waals surface area contributed by atoms with Crippen molar-refractivity contribution in [3.63, 3.8) is 0 Å². The zero-order valence-electron chi connectivity index (χ0n) is 15.0. The molecule has 1 atom stereocenters. The minimum Gasteiger partial charge on any atom is -0.394 e. The van der Waals surface area contributed by atoms with Gasteiger partial charge in [-0.3, -0.25) is 9.78 Å². The third-order valence-electron chi connectivity index (χ3n) is 4.47. The minimum absolute atomic E-state index is 0.0165. The number of fused-ring (bicyclic) bond motifs is 1. The van der Waals surface area contributed by atoms with Crippen molar-refractivity contribution in [3.8, 4) is 11.4 Å². The summed E-state index contributed by atoms with van der Waals surface area (Å²) in [6.07, 6.45) is 3.17. The molecule has 0 radical (unpaired) electrons. The Balaban J connectivity index is 2.04.